The molecule has 1 aromatic heterocycles. The Morgan fingerprint density at radius 2 is 1.94 bits per heavy atom. The Morgan fingerprint density at radius 1 is 1.18 bits per heavy atom. The molecule has 0 radical (unpaired) electrons. The van der Waals surface area contributed by atoms with Crippen LogP contribution in [0.1, 0.15) is 58.2 Å². The van der Waals surface area contributed by atoms with E-state index in [-0.39, 0.29) is 30.3 Å². The molecular formula is C29H34FN2OP. The van der Waals surface area contributed by atoms with Crippen LogP contribution in [0.15, 0.2) is 65.4 Å². The zero-order chi connectivity index (χ0) is 24.1. The van der Waals surface area contributed by atoms with Gasteiger partial charge in [0.15, 0.2) is 0 Å². The van der Waals surface area contributed by atoms with Crippen LogP contribution in [-0.2, 0) is 11.2 Å². The second kappa shape index (κ2) is 8.64. The molecule has 1 amide bonds. The lowest BCUT2D eigenvalue weighted by molar-refractivity contribution is -0.118. The number of amides is 1. The minimum Gasteiger partial charge on any atom is -0.347 e. The third-order valence-electron chi connectivity index (χ3n) is 7.40. The molecule has 3 nitrogen and oxygen atoms in total. The van der Waals surface area contributed by atoms with Crippen molar-refractivity contribution in [2.75, 3.05) is 12.3 Å². The molecule has 2 aliphatic carbocycles. The van der Waals surface area contributed by atoms with Gasteiger partial charge in [-0.25, -0.2) is 4.39 Å². The molecule has 2 aromatic rings. The fraction of sp³-hybridized carbons (Fsp3) is 0.414. The van der Waals surface area contributed by atoms with Gasteiger partial charge < -0.3 is 9.88 Å². The monoisotopic (exact) mass is 476 g/mol. The summed E-state index contributed by atoms with van der Waals surface area (Å²) in [4.78, 5) is 13.0. The molecule has 1 N–H and O–H groups in total. The van der Waals surface area contributed by atoms with Gasteiger partial charge in [-0.3, -0.25) is 4.79 Å². The van der Waals surface area contributed by atoms with E-state index in [0.29, 0.717) is 0 Å². The van der Waals surface area contributed by atoms with E-state index < -0.39 is 0 Å². The lowest BCUT2D eigenvalue weighted by Gasteiger charge is -2.37. The molecule has 1 aromatic carbocycles. The van der Waals surface area contributed by atoms with Crippen LogP contribution in [0.25, 0.3) is 11.8 Å². The lowest BCUT2D eigenvalue weighted by Crippen LogP contribution is -2.41. The quantitative estimate of drug-likeness (QED) is 0.486. The first-order valence-electron chi connectivity index (χ1n) is 12.3. The van der Waals surface area contributed by atoms with Gasteiger partial charge >= 0.3 is 0 Å². The lowest BCUT2D eigenvalue weighted by atomic mass is 9.86. The number of carbonyl (C=O) groups excluding carboxylic acids is 1. The zero-order valence-electron chi connectivity index (χ0n) is 20.6. The van der Waals surface area contributed by atoms with Crippen molar-refractivity contribution in [3.8, 4) is 5.69 Å². The fourth-order valence-electron chi connectivity index (χ4n) is 5.59. The molecule has 5 rings (SSSR count). The summed E-state index contributed by atoms with van der Waals surface area (Å²) in [5.41, 5.74) is 7.14. The molecule has 178 valence electrons. The van der Waals surface area contributed by atoms with E-state index in [9.17, 15) is 9.18 Å². The Morgan fingerprint density at radius 3 is 2.68 bits per heavy atom. The van der Waals surface area contributed by atoms with Gasteiger partial charge in [-0.15, -0.1) is 0 Å². The molecule has 2 heterocycles. The van der Waals surface area contributed by atoms with E-state index in [1.54, 1.807) is 5.57 Å². The van der Waals surface area contributed by atoms with Crippen LogP contribution in [0, 0.1) is 5.82 Å². The second-order valence-corrected chi connectivity index (χ2v) is 13.9. The number of hydrogen-bond acceptors (Lipinski definition) is 1. The molecule has 0 spiro atoms. The van der Waals surface area contributed by atoms with Crippen molar-refractivity contribution >= 4 is 19.9 Å². The Labute approximate surface area is 203 Å². The summed E-state index contributed by atoms with van der Waals surface area (Å²) in [6.07, 6.45) is 15.2. The van der Waals surface area contributed by atoms with Crippen molar-refractivity contribution < 1.29 is 9.18 Å². The van der Waals surface area contributed by atoms with Crippen LogP contribution in [0.3, 0.4) is 0 Å². The van der Waals surface area contributed by atoms with E-state index in [4.69, 9.17) is 0 Å². The summed E-state index contributed by atoms with van der Waals surface area (Å²) in [5, 5.41) is 3.34. The molecule has 5 heteroatoms. The van der Waals surface area contributed by atoms with Gasteiger partial charge in [-0.05, 0) is 101 Å². The largest absolute Gasteiger partial charge is 0.347 e. The maximum absolute atomic E-state index is 13.4. The number of halogens is 1. The summed E-state index contributed by atoms with van der Waals surface area (Å²) >= 11 is 0. The Balaban J connectivity index is 1.42. The number of aromatic nitrogens is 1. The van der Waals surface area contributed by atoms with Crippen LogP contribution < -0.4 is 5.32 Å². The second-order valence-electron chi connectivity index (χ2n) is 11.0. The number of rotatable bonds is 4. The van der Waals surface area contributed by atoms with E-state index in [0.717, 1.165) is 43.1 Å². The van der Waals surface area contributed by atoms with E-state index in [1.165, 1.54) is 35.1 Å². The molecule has 1 saturated heterocycles. The molecule has 3 aliphatic rings. The van der Waals surface area contributed by atoms with Crippen LogP contribution in [0.5, 0.6) is 0 Å². The first-order valence-corrected chi connectivity index (χ1v) is 14.0. The predicted octanol–water partition coefficient (Wildman–Crippen LogP) is 6.76. The molecule has 0 bridgehead atoms. The minimum absolute atomic E-state index is 0.0656. The van der Waals surface area contributed by atoms with Crippen LogP contribution in [0.2, 0.25) is 0 Å². The topological polar surface area (TPSA) is 34.0 Å². The highest BCUT2D eigenvalue weighted by Crippen LogP contribution is 2.64. The highest BCUT2D eigenvalue weighted by atomic mass is 31.1. The number of nitrogens with one attached hydrogen (secondary N) is 1. The van der Waals surface area contributed by atoms with Crippen LogP contribution in [-0.4, -0.2) is 33.5 Å². The average molecular weight is 477 g/mol. The summed E-state index contributed by atoms with van der Waals surface area (Å²) in [6, 6.07) is 8.97. The highest BCUT2D eigenvalue weighted by Gasteiger charge is 2.45. The molecular weight excluding hydrogens is 442 g/mol. The first-order chi connectivity index (χ1) is 16.1. The summed E-state index contributed by atoms with van der Waals surface area (Å²) in [6.45, 7) is 8.56. The number of allylic oxidation sites excluding steroid dienone is 3. The maximum Gasteiger partial charge on any atom is 0.251 e. The smallest absolute Gasteiger partial charge is 0.251 e. The third kappa shape index (κ3) is 4.33. The van der Waals surface area contributed by atoms with Crippen molar-refractivity contribution in [1.29, 1.82) is 0 Å². The maximum atomic E-state index is 13.4. The third-order valence-corrected chi connectivity index (χ3v) is 10.8. The average Bonchev–Trinajstić information content (AvgIpc) is 3.32. The SMILES string of the molecule is CC(C)(C)NC(=O)C1=C(CP2CCC3=Cc4c(ccn4-c4ccc(F)cc4)CC32C)CCC=C1. The Hall–Kier alpha value is -2.45. The highest BCUT2D eigenvalue weighted by molar-refractivity contribution is 7.60. The number of hydrogen-bond donors (Lipinski definition) is 1. The first kappa shape index (κ1) is 23.3. The predicted molar refractivity (Wildman–Crippen MR) is 140 cm³/mol. The Bertz CT molecular complexity index is 1210. The van der Waals surface area contributed by atoms with E-state index >= 15 is 0 Å². The standard InChI is InChI=1S/C29H34FN2OP/c1-28(2,3)31-27(33)25-8-6-5-7-21(25)19-34-16-14-22-17-26-20(18-29(22,34)4)13-15-32(26)24-11-9-23(30)10-12-24/h6,8-13,15,17H,5,7,14,16,18-19H2,1-4H3,(H,31,33). The van der Waals surface area contributed by atoms with Crippen molar-refractivity contribution in [3.05, 3.63) is 82.5 Å². The molecule has 1 fully saturated rings. The minimum atomic E-state index is -0.265. The van der Waals surface area contributed by atoms with Gasteiger partial charge in [0.05, 0.1) is 0 Å². The van der Waals surface area contributed by atoms with Crippen molar-refractivity contribution in [1.82, 2.24) is 9.88 Å². The van der Waals surface area contributed by atoms with Gasteiger partial charge in [0.1, 0.15) is 5.82 Å². The van der Waals surface area contributed by atoms with Gasteiger partial charge in [0.25, 0.3) is 5.91 Å². The van der Waals surface area contributed by atoms with Crippen molar-refractivity contribution in [2.24, 2.45) is 0 Å². The van der Waals surface area contributed by atoms with Crippen LogP contribution >= 0.6 is 7.92 Å². The normalized spacial score (nSPS) is 24.0. The zero-order valence-corrected chi connectivity index (χ0v) is 21.5. The summed E-state index contributed by atoms with van der Waals surface area (Å²) < 4.78 is 15.6. The number of nitrogens with zero attached hydrogens (tertiary/aromatic N) is 1. The van der Waals surface area contributed by atoms with Crippen molar-refractivity contribution in [3.63, 3.8) is 0 Å². The van der Waals surface area contributed by atoms with Crippen LogP contribution in [0.4, 0.5) is 4.39 Å². The van der Waals surface area contributed by atoms with E-state index in [2.05, 4.69) is 41.2 Å². The van der Waals surface area contributed by atoms with Crippen molar-refractivity contribution in [2.45, 2.75) is 64.1 Å². The summed E-state index contributed by atoms with van der Waals surface area (Å²) in [5.74, 6) is -0.143. The van der Waals surface area contributed by atoms with Gasteiger partial charge in [0, 0.05) is 33.8 Å². The molecule has 1 aliphatic heterocycles. The summed E-state index contributed by atoms with van der Waals surface area (Å²) in [7, 11) is -0.265. The van der Waals surface area contributed by atoms with Gasteiger partial charge in [0.2, 0.25) is 0 Å². The van der Waals surface area contributed by atoms with Gasteiger partial charge in [-0.2, -0.15) is 0 Å². The number of benzene rings is 1. The van der Waals surface area contributed by atoms with Gasteiger partial charge in [-0.1, -0.05) is 38.1 Å². The Kier molecular flexibility index (Phi) is 5.92. The van der Waals surface area contributed by atoms with E-state index in [1.807, 2.05) is 39.0 Å². The molecule has 2 unspecified atom stereocenters. The number of fused-ring (bicyclic) bond motifs is 2. The molecule has 34 heavy (non-hydrogen) atoms. The fourth-order valence-corrected chi connectivity index (χ4v) is 8.87. The number of carbonyl (C=O) groups is 1. The molecule has 2 atom stereocenters. The molecule has 0 saturated carbocycles.